The van der Waals surface area contributed by atoms with E-state index < -0.39 is 5.91 Å². The van der Waals surface area contributed by atoms with Gasteiger partial charge in [0.05, 0.1) is 11.1 Å². The van der Waals surface area contributed by atoms with Crippen LogP contribution in [0.4, 0.5) is 0 Å². The molecule has 0 fully saturated rings. The molecule has 0 aliphatic carbocycles. The van der Waals surface area contributed by atoms with Gasteiger partial charge in [0.15, 0.2) is 0 Å². The Hall–Kier alpha value is -1.55. The molecule has 72 valence electrons. The molecule has 0 aliphatic heterocycles. The van der Waals surface area contributed by atoms with Crippen molar-refractivity contribution in [1.82, 2.24) is 9.97 Å². The van der Waals surface area contributed by atoms with E-state index in [0.717, 1.165) is 11.1 Å². The van der Waals surface area contributed by atoms with Gasteiger partial charge in [0, 0.05) is 17.3 Å². The highest BCUT2D eigenvalue weighted by Gasteiger charge is 2.11. The fourth-order valence-electron chi connectivity index (χ4n) is 1.41. The first-order valence-electron chi connectivity index (χ1n) is 4.03. The molecule has 0 aliphatic rings. The first kappa shape index (κ1) is 9.02. The molecular formula is C9H8ClN3O. The second kappa shape index (κ2) is 2.99. The molecule has 0 saturated heterocycles. The van der Waals surface area contributed by atoms with Crippen LogP contribution in [0, 0.1) is 6.92 Å². The molecule has 4 nitrogen and oxygen atoms in total. The molecule has 0 saturated carbocycles. The van der Waals surface area contributed by atoms with E-state index in [1.54, 1.807) is 0 Å². The Balaban J connectivity index is 2.87. The van der Waals surface area contributed by atoms with Gasteiger partial charge in [-0.15, -0.1) is 0 Å². The summed E-state index contributed by atoms with van der Waals surface area (Å²) in [6, 6.07) is 1.83. The number of nitrogens with one attached hydrogen (secondary N) is 1. The standard InChI is InChI=1S/C9H8ClN3O/c1-4-2-5-7(13-4)6(9(11)14)3-12-8(5)10/h2-3,13H,1H3,(H2,11,14). The highest BCUT2D eigenvalue weighted by Crippen LogP contribution is 2.24. The number of halogens is 1. The zero-order valence-electron chi connectivity index (χ0n) is 7.47. The van der Waals surface area contributed by atoms with E-state index in [-0.39, 0.29) is 0 Å². The van der Waals surface area contributed by atoms with E-state index >= 15 is 0 Å². The van der Waals surface area contributed by atoms with Crippen molar-refractivity contribution in [3.05, 3.63) is 28.7 Å². The molecule has 0 bridgehead atoms. The van der Waals surface area contributed by atoms with Gasteiger partial charge in [-0.2, -0.15) is 0 Å². The molecule has 0 aromatic carbocycles. The van der Waals surface area contributed by atoms with Gasteiger partial charge in [-0.25, -0.2) is 4.98 Å². The molecule has 14 heavy (non-hydrogen) atoms. The molecule has 3 N–H and O–H groups in total. The van der Waals surface area contributed by atoms with Gasteiger partial charge >= 0.3 is 0 Å². The molecule has 5 heteroatoms. The van der Waals surface area contributed by atoms with Gasteiger partial charge in [0.1, 0.15) is 5.15 Å². The third-order valence-electron chi connectivity index (χ3n) is 2.02. The minimum absolute atomic E-state index is 0.359. The third-order valence-corrected chi connectivity index (χ3v) is 2.32. The minimum atomic E-state index is -0.513. The second-order valence-electron chi connectivity index (χ2n) is 3.07. The Morgan fingerprint density at radius 1 is 1.64 bits per heavy atom. The van der Waals surface area contributed by atoms with Crippen molar-refractivity contribution in [3.63, 3.8) is 0 Å². The van der Waals surface area contributed by atoms with Crippen LogP contribution in [0.2, 0.25) is 5.15 Å². The zero-order valence-corrected chi connectivity index (χ0v) is 8.22. The fourth-order valence-corrected chi connectivity index (χ4v) is 1.60. The Morgan fingerprint density at radius 3 is 3.00 bits per heavy atom. The van der Waals surface area contributed by atoms with Crippen LogP contribution in [-0.2, 0) is 0 Å². The van der Waals surface area contributed by atoms with Crippen LogP contribution in [0.1, 0.15) is 16.1 Å². The predicted molar refractivity (Wildman–Crippen MR) is 54.4 cm³/mol. The number of pyridine rings is 1. The Labute approximate surface area is 85.1 Å². The van der Waals surface area contributed by atoms with Crippen LogP contribution in [0.15, 0.2) is 12.3 Å². The summed E-state index contributed by atoms with van der Waals surface area (Å²) >= 11 is 5.86. The predicted octanol–water partition coefficient (Wildman–Crippen LogP) is 1.62. The summed E-state index contributed by atoms with van der Waals surface area (Å²) in [6.45, 7) is 1.88. The normalized spacial score (nSPS) is 10.7. The molecule has 0 spiro atoms. The Bertz CT molecular complexity index is 518. The van der Waals surface area contributed by atoms with Crippen molar-refractivity contribution in [2.24, 2.45) is 5.73 Å². The number of aromatic nitrogens is 2. The lowest BCUT2D eigenvalue weighted by Gasteiger charge is -1.98. The van der Waals surface area contributed by atoms with Gasteiger partial charge in [0.2, 0.25) is 0 Å². The van der Waals surface area contributed by atoms with E-state index in [0.29, 0.717) is 16.2 Å². The number of H-pyrrole nitrogens is 1. The quantitative estimate of drug-likeness (QED) is 0.701. The van der Waals surface area contributed by atoms with E-state index in [1.807, 2.05) is 13.0 Å². The molecule has 2 heterocycles. The molecule has 2 rings (SSSR count). The Morgan fingerprint density at radius 2 is 2.36 bits per heavy atom. The molecule has 0 unspecified atom stereocenters. The number of fused-ring (bicyclic) bond motifs is 1. The monoisotopic (exact) mass is 209 g/mol. The summed E-state index contributed by atoms with van der Waals surface area (Å²) in [7, 11) is 0. The number of carbonyl (C=O) groups excluding carboxylic acids is 1. The zero-order chi connectivity index (χ0) is 10.3. The average Bonchev–Trinajstić information content (AvgIpc) is 2.47. The van der Waals surface area contributed by atoms with Gasteiger partial charge in [-0.3, -0.25) is 4.79 Å². The van der Waals surface area contributed by atoms with Crippen molar-refractivity contribution < 1.29 is 4.79 Å². The lowest BCUT2D eigenvalue weighted by Crippen LogP contribution is -2.12. The first-order valence-corrected chi connectivity index (χ1v) is 4.41. The number of aromatic amines is 1. The minimum Gasteiger partial charge on any atom is -0.365 e. The number of nitrogens with two attached hydrogens (primary N) is 1. The highest BCUT2D eigenvalue weighted by molar-refractivity contribution is 6.34. The average molecular weight is 210 g/mol. The molecule has 0 atom stereocenters. The van der Waals surface area contributed by atoms with Crippen molar-refractivity contribution in [1.29, 1.82) is 0 Å². The lowest BCUT2D eigenvalue weighted by molar-refractivity contribution is 0.100. The molecular weight excluding hydrogens is 202 g/mol. The van der Waals surface area contributed by atoms with E-state index in [9.17, 15) is 4.79 Å². The molecule has 0 radical (unpaired) electrons. The Kier molecular flexibility index (Phi) is 1.93. The van der Waals surface area contributed by atoms with Crippen LogP contribution < -0.4 is 5.73 Å². The van der Waals surface area contributed by atoms with Crippen molar-refractivity contribution in [2.45, 2.75) is 6.92 Å². The number of aryl methyl sites for hydroxylation is 1. The number of primary amides is 1. The maximum Gasteiger partial charge on any atom is 0.252 e. The van der Waals surface area contributed by atoms with Crippen LogP contribution in [-0.4, -0.2) is 15.9 Å². The van der Waals surface area contributed by atoms with E-state index in [4.69, 9.17) is 17.3 Å². The molecule has 2 aromatic heterocycles. The SMILES string of the molecule is Cc1cc2c(Cl)ncc(C(N)=O)c2[nH]1. The topological polar surface area (TPSA) is 71.8 Å². The van der Waals surface area contributed by atoms with E-state index in [2.05, 4.69) is 9.97 Å². The van der Waals surface area contributed by atoms with Crippen LogP contribution in [0.25, 0.3) is 10.9 Å². The number of carbonyl (C=O) groups is 1. The lowest BCUT2D eigenvalue weighted by atomic mass is 10.2. The number of amides is 1. The van der Waals surface area contributed by atoms with Crippen molar-refractivity contribution in [2.75, 3.05) is 0 Å². The van der Waals surface area contributed by atoms with Gasteiger partial charge < -0.3 is 10.7 Å². The van der Waals surface area contributed by atoms with E-state index in [1.165, 1.54) is 6.20 Å². The molecule has 2 aromatic rings. The maximum absolute atomic E-state index is 11.1. The van der Waals surface area contributed by atoms with Gasteiger partial charge in [0.25, 0.3) is 5.91 Å². The van der Waals surface area contributed by atoms with Crippen LogP contribution in [0.3, 0.4) is 0 Å². The second-order valence-corrected chi connectivity index (χ2v) is 3.43. The number of hydrogen-bond acceptors (Lipinski definition) is 2. The molecule has 1 amide bonds. The van der Waals surface area contributed by atoms with Gasteiger partial charge in [-0.1, -0.05) is 11.6 Å². The first-order chi connectivity index (χ1) is 6.59. The van der Waals surface area contributed by atoms with Crippen molar-refractivity contribution in [3.8, 4) is 0 Å². The summed E-state index contributed by atoms with van der Waals surface area (Å²) in [5, 5.41) is 1.09. The summed E-state index contributed by atoms with van der Waals surface area (Å²) in [5.41, 5.74) is 7.12. The van der Waals surface area contributed by atoms with Gasteiger partial charge in [-0.05, 0) is 13.0 Å². The smallest absolute Gasteiger partial charge is 0.252 e. The summed E-state index contributed by atoms with van der Waals surface area (Å²) in [5.74, 6) is -0.513. The number of rotatable bonds is 1. The number of hydrogen-bond donors (Lipinski definition) is 2. The highest BCUT2D eigenvalue weighted by atomic mass is 35.5. The third kappa shape index (κ3) is 1.24. The number of nitrogens with zero attached hydrogens (tertiary/aromatic N) is 1. The van der Waals surface area contributed by atoms with Crippen molar-refractivity contribution >= 4 is 28.4 Å². The maximum atomic E-state index is 11.1. The summed E-state index contributed by atoms with van der Waals surface area (Å²) in [4.78, 5) is 18.0. The summed E-state index contributed by atoms with van der Waals surface area (Å²) < 4.78 is 0. The van der Waals surface area contributed by atoms with Crippen LogP contribution >= 0.6 is 11.6 Å². The summed E-state index contributed by atoms with van der Waals surface area (Å²) in [6.07, 6.45) is 1.38. The fraction of sp³-hybridized carbons (Fsp3) is 0.111. The largest absolute Gasteiger partial charge is 0.365 e. The van der Waals surface area contributed by atoms with Crippen LogP contribution in [0.5, 0.6) is 0 Å².